The molecule has 0 bridgehead atoms. The number of hydrogen-bond acceptors (Lipinski definition) is 1. The van der Waals surface area contributed by atoms with E-state index in [0.29, 0.717) is 5.75 Å². The highest BCUT2D eigenvalue weighted by atomic mass is 32.2. The first-order valence-corrected chi connectivity index (χ1v) is 7.51. The first-order chi connectivity index (χ1) is 7.13. The van der Waals surface area contributed by atoms with Crippen molar-refractivity contribution in [2.45, 2.75) is 19.8 Å². The van der Waals surface area contributed by atoms with Gasteiger partial charge in [0.25, 0.3) is 0 Å². The Bertz CT molecular complexity index is 314. The Labute approximate surface area is 95.2 Å². The zero-order valence-corrected chi connectivity index (χ0v) is 10.6. The summed E-state index contributed by atoms with van der Waals surface area (Å²) in [4.78, 5) is 11.7. The van der Waals surface area contributed by atoms with Gasteiger partial charge in [-0.15, -0.1) is 0 Å². The van der Waals surface area contributed by atoms with E-state index in [1.54, 1.807) is 0 Å². The van der Waals surface area contributed by atoms with Gasteiger partial charge in [0.05, 0.1) is 12.5 Å². The Balaban J connectivity index is 2.67. The molecule has 0 heterocycles. The Morgan fingerprint density at radius 3 is 2.27 bits per heavy atom. The summed E-state index contributed by atoms with van der Waals surface area (Å²) in [5.74, 6) is 0.944. The predicted octanol–water partition coefficient (Wildman–Crippen LogP) is 2.70. The maximum atomic E-state index is 11.7. The van der Waals surface area contributed by atoms with E-state index in [2.05, 4.69) is 31.6 Å². The summed E-state index contributed by atoms with van der Waals surface area (Å²) in [5, 5.41) is 0. The van der Waals surface area contributed by atoms with Crippen molar-refractivity contribution in [3.8, 4) is 0 Å². The molecule has 1 aromatic rings. The molecule has 0 amide bonds. The molecule has 0 aliphatic rings. The number of carbonyl (C=O) groups excluding carboxylic acids is 1. The van der Waals surface area contributed by atoms with Crippen LogP contribution in [0, 0.1) is 0 Å². The second-order valence-electron chi connectivity index (χ2n) is 4.00. The van der Waals surface area contributed by atoms with E-state index < -0.39 is 0 Å². The van der Waals surface area contributed by atoms with Crippen molar-refractivity contribution < 1.29 is 4.79 Å². The van der Waals surface area contributed by atoms with Crippen molar-refractivity contribution in [1.82, 2.24) is 0 Å². The van der Waals surface area contributed by atoms with Gasteiger partial charge in [-0.2, -0.15) is 0 Å². The minimum absolute atomic E-state index is 0.196. The van der Waals surface area contributed by atoms with Crippen molar-refractivity contribution in [2.24, 2.45) is 0 Å². The smallest absolute Gasteiger partial charge is 0.211 e. The standard InChI is InChI=1S/C13H19OS/c1-4-5-11-6-8-12(9-7-11)13(14)10-15(2)3/h6-9H,4-5,10H2,1-3H3/q+1. The molecule has 0 radical (unpaired) electrons. The molecule has 0 saturated heterocycles. The van der Waals surface area contributed by atoms with Gasteiger partial charge in [0.15, 0.2) is 5.75 Å². The molecule has 0 saturated carbocycles. The van der Waals surface area contributed by atoms with E-state index in [1.807, 2.05) is 12.1 Å². The predicted molar refractivity (Wildman–Crippen MR) is 68.8 cm³/mol. The Morgan fingerprint density at radius 2 is 1.80 bits per heavy atom. The number of aryl methyl sites for hydroxylation is 1. The van der Waals surface area contributed by atoms with Gasteiger partial charge in [0.1, 0.15) is 0 Å². The van der Waals surface area contributed by atoms with Crippen LogP contribution in [-0.4, -0.2) is 24.0 Å². The zero-order chi connectivity index (χ0) is 11.3. The molecular formula is C13H19OS+. The number of carbonyl (C=O) groups is 1. The normalized spacial score (nSPS) is 10.7. The maximum absolute atomic E-state index is 11.7. The second-order valence-corrected chi connectivity index (χ2v) is 6.26. The third-order valence-electron chi connectivity index (χ3n) is 2.23. The van der Waals surface area contributed by atoms with Gasteiger partial charge >= 0.3 is 0 Å². The van der Waals surface area contributed by atoms with Crippen LogP contribution in [0.25, 0.3) is 0 Å². The summed E-state index contributed by atoms with van der Waals surface area (Å²) in [7, 11) is 0.196. The van der Waals surface area contributed by atoms with Gasteiger partial charge in [0, 0.05) is 5.56 Å². The lowest BCUT2D eigenvalue weighted by Gasteiger charge is -2.01. The molecule has 2 heteroatoms. The summed E-state index contributed by atoms with van der Waals surface area (Å²) >= 11 is 0. The third-order valence-corrected chi connectivity index (χ3v) is 3.07. The topological polar surface area (TPSA) is 17.1 Å². The van der Waals surface area contributed by atoms with E-state index in [4.69, 9.17) is 0 Å². The fraction of sp³-hybridized carbons (Fsp3) is 0.462. The number of hydrogen-bond donors (Lipinski definition) is 0. The fourth-order valence-electron chi connectivity index (χ4n) is 1.49. The third kappa shape index (κ3) is 4.08. The number of ketones is 1. The Kier molecular flexibility index (Phi) is 4.89. The molecular weight excluding hydrogens is 204 g/mol. The fourth-order valence-corrected chi connectivity index (χ4v) is 2.18. The molecule has 0 aliphatic heterocycles. The van der Waals surface area contributed by atoms with Gasteiger partial charge in [-0.25, -0.2) is 0 Å². The molecule has 0 aliphatic carbocycles. The number of Topliss-reactive ketones (excluding diaryl/α,β-unsaturated/α-hetero) is 1. The van der Waals surface area contributed by atoms with E-state index >= 15 is 0 Å². The van der Waals surface area contributed by atoms with Crippen LogP contribution in [0.5, 0.6) is 0 Å². The highest BCUT2D eigenvalue weighted by Crippen LogP contribution is 2.08. The minimum atomic E-state index is 0.196. The van der Waals surface area contributed by atoms with Crippen molar-refractivity contribution in [3.63, 3.8) is 0 Å². The molecule has 0 fully saturated rings. The minimum Gasteiger partial charge on any atom is -0.289 e. The summed E-state index contributed by atoms with van der Waals surface area (Å²) in [6.45, 7) is 2.17. The largest absolute Gasteiger partial charge is 0.289 e. The van der Waals surface area contributed by atoms with Crippen molar-refractivity contribution in [3.05, 3.63) is 35.4 Å². The highest BCUT2D eigenvalue weighted by molar-refractivity contribution is 7.96. The molecule has 1 nitrogen and oxygen atoms in total. The Morgan fingerprint density at radius 1 is 1.20 bits per heavy atom. The van der Waals surface area contributed by atoms with Gasteiger partial charge in [-0.1, -0.05) is 37.6 Å². The van der Waals surface area contributed by atoms with E-state index in [9.17, 15) is 4.79 Å². The lowest BCUT2D eigenvalue weighted by Crippen LogP contribution is -2.13. The quantitative estimate of drug-likeness (QED) is 0.554. The monoisotopic (exact) mass is 223 g/mol. The lowest BCUT2D eigenvalue weighted by molar-refractivity contribution is 0.102. The van der Waals surface area contributed by atoms with Crippen molar-refractivity contribution in [1.29, 1.82) is 0 Å². The van der Waals surface area contributed by atoms with Crippen LogP contribution in [0.3, 0.4) is 0 Å². The van der Waals surface area contributed by atoms with Crippen LogP contribution in [-0.2, 0) is 17.3 Å². The number of rotatable bonds is 5. The van der Waals surface area contributed by atoms with Gasteiger partial charge < -0.3 is 0 Å². The van der Waals surface area contributed by atoms with Gasteiger partial charge in [-0.05, 0) is 22.9 Å². The summed E-state index contributed by atoms with van der Waals surface area (Å²) in [6, 6.07) is 8.06. The van der Waals surface area contributed by atoms with Crippen molar-refractivity contribution >= 4 is 16.7 Å². The van der Waals surface area contributed by atoms with E-state index in [1.165, 1.54) is 5.56 Å². The maximum Gasteiger partial charge on any atom is 0.211 e. The lowest BCUT2D eigenvalue weighted by atomic mass is 10.1. The van der Waals surface area contributed by atoms with Gasteiger partial charge in [0.2, 0.25) is 5.78 Å². The molecule has 0 aromatic heterocycles. The van der Waals surface area contributed by atoms with Crippen LogP contribution in [0.1, 0.15) is 29.3 Å². The average Bonchev–Trinajstić information content (AvgIpc) is 2.18. The van der Waals surface area contributed by atoms with Crippen LogP contribution in [0.4, 0.5) is 0 Å². The Hall–Kier alpha value is -0.760. The first-order valence-electron chi connectivity index (χ1n) is 5.29. The molecule has 15 heavy (non-hydrogen) atoms. The summed E-state index contributed by atoms with van der Waals surface area (Å²) in [5.41, 5.74) is 2.18. The van der Waals surface area contributed by atoms with E-state index in [0.717, 1.165) is 18.4 Å². The molecule has 82 valence electrons. The first kappa shape index (κ1) is 12.3. The summed E-state index contributed by atoms with van der Waals surface area (Å²) in [6.07, 6.45) is 6.45. The molecule has 0 spiro atoms. The molecule has 1 aromatic carbocycles. The van der Waals surface area contributed by atoms with Crippen LogP contribution < -0.4 is 0 Å². The molecule has 0 N–H and O–H groups in total. The van der Waals surface area contributed by atoms with E-state index in [-0.39, 0.29) is 16.7 Å². The van der Waals surface area contributed by atoms with Crippen LogP contribution in [0.15, 0.2) is 24.3 Å². The van der Waals surface area contributed by atoms with Crippen LogP contribution >= 0.6 is 0 Å². The second kappa shape index (κ2) is 5.96. The van der Waals surface area contributed by atoms with Crippen LogP contribution in [0.2, 0.25) is 0 Å². The number of benzene rings is 1. The average molecular weight is 223 g/mol. The van der Waals surface area contributed by atoms with Gasteiger partial charge in [-0.3, -0.25) is 4.79 Å². The van der Waals surface area contributed by atoms with Crippen molar-refractivity contribution in [2.75, 3.05) is 18.3 Å². The molecule has 1 rings (SSSR count). The summed E-state index contributed by atoms with van der Waals surface area (Å²) < 4.78 is 0. The highest BCUT2D eigenvalue weighted by Gasteiger charge is 2.13. The molecule has 0 unspecified atom stereocenters. The zero-order valence-electron chi connectivity index (χ0n) is 9.75. The SMILES string of the molecule is CCCc1ccc(C(=O)C[S+](C)C)cc1. The molecule has 0 atom stereocenters.